The molecule has 0 aliphatic carbocycles. The molecular formula is C11H12ClN3O2. The molecular weight excluding hydrogens is 242 g/mol. The van der Waals surface area contributed by atoms with E-state index in [4.69, 9.17) is 11.6 Å². The summed E-state index contributed by atoms with van der Waals surface area (Å²) in [7, 11) is 0. The summed E-state index contributed by atoms with van der Waals surface area (Å²) in [6.07, 6.45) is 1.67. The molecule has 0 radical (unpaired) electrons. The van der Waals surface area contributed by atoms with Gasteiger partial charge in [0.2, 0.25) is 5.91 Å². The van der Waals surface area contributed by atoms with E-state index in [-0.39, 0.29) is 18.2 Å². The second-order valence-electron chi connectivity index (χ2n) is 3.74. The Morgan fingerprint density at radius 1 is 1.53 bits per heavy atom. The molecule has 1 saturated heterocycles. The van der Waals surface area contributed by atoms with Crippen LogP contribution < -0.4 is 5.32 Å². The van der Waals surface area contributed by atoms with Gasteiger partial charge in [-0.15, -0.1) is 0 Å². The topological polar surface area (TPSA) is 62.3 Å². The number of pyridine rings is 1. The van der Waals surface area contributed by atoms with E-state index in [1.807, 2.05) is 0 Å². The SMILES string of the molecule is CCN1C(=O)CC(Nc2ccc(Cl)cn2)C1=O. The van der Waals surface area contributed by atoms with Crippen molar-refractivity contribution in [2.45, 2.75) is 19.4 Å². The fraction of sp³-hybridized carbons (Fsp3) is 0.364. The number of anilines is 1. The Hall–Kier alpha value is -1.62. The van der Waals surface area contributed by atoms with Crippen molar-refractivity contribution in [2.24, 2.45) is 0 Å². The number of rotatable bonds is 3. The lowest BCUT2D eigenvalue weighted by Gasteiger charge is -2.13. The third-order valence-electron chi connectivity index (χ3n) is 2.61. The fourth-order valence-corrected chi connectivity index (χ4v) is 1.88. The number of imide groups is 1. The number of likely N-dealkylation sites (N-methyl/N-ethyl adjacent to an activating group) is 1. The summed E-state index contributed by atoms with van der Waals surface area (Å²) in [5, 5.41) is 3.46. The molecule has 2 heterocycles. The Bertz CT molecular complexity index is 447. The third-order valence-corrected chi connectivity index (χ3v) is 2.83. The summed E-state index contributed by atoms with van der Waals surface area (Å²) in [4.78, 5) is 28.6. The van der Waals surface area contributed by atoms with Gasteiger partial charge in [-0.2, -0.15) is 0 Å². The first-order valence-corrected chi connectivity index (χ1v) is 5.72. The molecule has 1 unspecified atom stereocenters. The van der Waals surface area contributed by atoms with Crippen LogP contribution in [0.15, 0.2) is 18.3 Å². The van der Waals surface area contributed by atoms with E-state index < -0.39 is 6.04 Å². The van der Waals surface area contributed by atoms with Crippen molar-refractivity contribution in [1.82, 2.24) is 9.88 Å². The molecule has 90 valence electrons. The molecule has 6 heteroatoms. The molecule has 0 spiro atoms. The predicted molar refractivity (Wildman–Crippen MR) is 63.7 cm³/mol. The van der Waals surface area contributed by atoms with Crippen LogP contribution in [0.5, 0.6) is 0 Å². The summed E-state index contributed by atoms with van der Waals surface area (Å²) in [6.45, 7) is 2.18. The zero-order valence-electron chi connectivity index (χ0n) is 9.31. The molecule has 0 bridgehead atoms. The first-order chi connectivity index (χ1) is 8.11. The van der Waals surface area contributed by atoms with E-state index in [1.165, 1.54) is 11.1 Å². The van der Waals surface area contributed by atoms with Crippen molar-refractivity contribution >= 4 is 29.2 Å². The number of hydrogen-bond donors (Lipinski definition) is 1. The molecule has 0 saturated carbocycles. The molecule has 5 nitrogen and oxygen atoms in total. The van der Waals surface area contributed by atoms with E-state index >= 15 is 0 Å². The van der Waals surface area contributed by atoms with Crippen molar-refractivity contribution in [3.63, 3.8) is 0 Å². The number of hydrogen-bond acceptors (Lipinski definition) is 4. The molecule has 1 fully saturated rings. The molecule has 0 aromatic carbocycles. The summed E-state index contributed by atoms with van der Waals surface area (Å²) >= 11 is 5.71. The van der Waals surface area contributed by atoms with Crippen LogP contribution in [0.25, 0.3) is 0 Å². The number of aromatic nitrogens is 1. The van der Waals surface area contributed by atoms with Crippen LogP contribution in [-0.2, 0) is 9.59 Å². The van der Waals surface area contributed by atoms with Crippen molar-refractivity contribution < 1.29 is 9.59 Å². The van der Waals surface area contributed by atoms with Gasteiger partial charge in [-0.3, -0.25) is 14.5 Å². The summed E-state index contributed by atoms with van der Waals surface area (Å²) in [6, 6.07) is 2.83. The maximum atomic E-state index is 11.8. The van der Waals surface area contributed by atoms with Crippen molar-refractivity contribution in [3.8, 4) is 0 Å². The van der Waals surface area contributed by atoms with E-state index in [9.17, 15) is 9.59 Å². The normalized spacial score (nSPS) is 19.9. The number of nitrogens with zero attached hydrogens (tertiary/aromatic N) is 2. The van der Waals surface area contributed by atoms with Gasteiger partial charge in [0.1, 0.15) is 11.9 Å². The van der Waals surface area contributed by atoms with Gasteiger partial charge in [-0.05, 0) is 19.1 Å². The molecule has 17 heavy (non-hydrogen) atoms. The lowest BCUT2D eigenvalue weighted by molar-refractivity contribution is -0.138. The molecule has 1 aromatic rings. The monoisotopic (exact) mass is 253 g/mol. The van der Waals surface area contributed by atoms with Gasteiger partial charge >= 0.3 is 0 Å². The van der Waals surface area contributed by atoms with Crippen molar-refractivity contribution in [3.05, 3.63) is 23.4 Å². The lowest BCUT2D eigenvalue weighted by Crippen LogP contribution is -2.34. The van der Waals surface area contributed by atoms with E-state index in [2.05, 4.69) is 10.3 Å². The average Bonchev–Trinajstić information content (AvgIpc) is 2.57. The first-order valence-electron chi connectivity index (χ1n) is 5.34. The maximum Gasteiger partial charge on any atom is 0.252 e. The Morgan fingerprint density at radius 2 is 2.29 bits per heavy atom. The van der Waals surface area contributed by atoms with Crippen molar-refractivity contribution in [2.75, 3.05) is 11.9 Å². The Balaban J connectivity index is 2.08. The quantitative estimate of drug-likeness (QED) is 0.825. The number of carbonyl (C=O) groups is 2. The van der Waals surface area contributed by atoms with E-state index in [0.717, 1.165) is 0 Å². The Kier molecular flexibility index (Phi) is 3.28. The number of amides is 2. The van der Waals surface area contributed by atoms with Gasteiger partial charge in [0.25, 0.3) is 5.91 Å². The number of carbonyl (C=O) groups excluding carboxylic acids is 2. The largest absolute Gasteiger partial charge is 0.358 e. The molecule has 1 atom stereocenters. The van der Waals surface area contributed by atoms with Gasteiger partial charge in [0.15, 0.2) is 0 Å². The van der Waals surface area contributed by atoms with Crippen LogP contribution >= 0.6 is 11.6 Å². The van der Waals surface area contributed by atoms with Gasteiger partial charge in [-0.1, -0.05) is 11.6 Å². The maximum absolute atomic E-state index is 11.8. The highest BCUT2D eigenvalue weighted by atomic mass is 35.5. The van der Waals surface area contributed by atoms with Crippen LogP contribution in [0.4, 0.5) is 5.82 Å². The first kappa shape index (κ1) is 11.9. The van der Waals surface area contributed by atoms with Gasteiger partial charge in [0.05, 0.1) is 11.4 Å². The lowest BCUT2D eigenvalue weighted by atomic mass is 10.2. The van der Waals surface area contributed by atoms with Crippen molar-refractivity contribution in [1.29, 1.82) is 0 Å². The smallest absolute Gasteiger partial charge is 0.252 e. The molecule has 1 N–H and O–H groups in total. The Morgan fingerprint density at radius 3 is 2.82 bits per heavy atom. The number of halogens is 1. The number of likely N-dealkylation sites (tertiary alicyclic amines) is 1. The average molecular weight is 254 g/mol. The molecule has 2 rings (SSSR count). The summed E-state index contributed by atoms with van der Waals surface area (Å²) < 4.78 is 0. The highest BCUT2D eigenvalue weighted by Gasteiger charge is 2.37. The highest BCUT2D eigenvalue weighted by Crippen LogP contribution is 2.17. The van der Waals surface area contributed by atoms with Crippen LogP contribution in [-0.4, -0.2) is 34.3 Å². The molecule has 2 amide bonds. The van der Waals surface area contributed by atoms with Crippen LogP contribution in [0.3, 0.4) is 0 Å². The Labute approximate surface area is 104 Å². The fourth-order valence-electron chi connectivity index (χ4n) is 1.77. The summed E-state index contributed by atoms with van der Waals surface area (Å²) in [5.74, 6) is 0.191. The highest BCUT2D eigenvalue weighted by molar-refractivity contribution is 6.30. The molecule has 1 aromatic heterocycles. The zero-order chi connectivity index (χ0) is 12.4. The molecule has 1 aliphatic rings. The minimum atomic E-state index is -0.517. The van der Waals surface area contributed by atoms with E-state index in [1.54, 1.807) is 19.1 Å². The van der Waals surface area contributed by atoms with E-state index in [0.29, 0.717) is 17.4 Å². The van der Waals surface area contributed by atoms with Gasteiger partial charge in [-0.25, -0.2) is 4.98 Å². The van der Waals surface area contributed by atoms with Crippen LogP contribution in [0.2, 0.25) is 5.02 Å². The predicted octanol–water partition coefficient (Wildman–Crippen LogP) is 1.29. The minimum absolute atomic E-state index is 0.149. The van der Waals surface area contributed by atoms with Crippen LogP contribution in [0.1, 0.15) is 13.3 Å². The zero-order valence-corrected chi connectivity index (χ0v) is 10.1. The minimum Gasteiger partial charge on any atom is -0.358 e. The molecule has 1 aliphatic heterocycles. The standard InChI is InChI=1S/C11H12ClN3O2/c1-2-15-10(16)5-8(11(15)17)14-9-4-3-7(12)6-13-9/h3-4,6,8H,2,5H2,1H3,(H,13,14). The third kappa shape index (κ3) is 2.39. The second kappa shape index (κ2) is 4.71. The second-order valence-corrected chi connectivity index (χ2v) is 4.18. The summed E-state index contributed by atoms with van der Waals surface area (Å²) in [5.41, 5.74) is 0. The van der Waals surface area contributed by atoms with Gasteiger partial charge < -0.3 is 5.32 Å². The van der Waals surface area contributed by atoms with Gasteiger partial charge in [0, 0.05) is 12.7 Å². The number of nitrogens with one attached hydrogen (secondary N) is 1. The van der Waals surface area contributed by atoms with Crippen LogP contribution in [0, 0.1) is 0 Å².